The second-order valence-corrected chi connectivity index (χ2v) is 6.82. The molecular formula is C11H22N2O3S. The molecule has 0 aromatic carbocycles. The normalized spacial score (nSPS) is 18.6. The Kier molecular flexibility index (Phi) is 5.91. The Bertz CT molecular complexity index is 333. The number of carbonyl (C=O) groups is 1. The van der Waals surface area contributed by atoms with Crippen molar-refractivity contribution in [2.75, 3.05) is 18.1 Å². The van der Waals surface area contributed by atoms with Crippen molar-refractivity contribution in [3.05, 3.63) is 0 Å². The molecule has 0 unspecified atom stereocenters. The topological polar surface area (TPSA) is 89.3 Å². The summed E-state index contributed by atoms with van der Waals surface area (Å²) in [5.41, 5.74) is 5.18. The average molecular weight is 262 g/mol. The van der Waals surface area contributed by atoms with E-state index in [2.05, 4.69) is 5.32 Å². The van der Waals surface area contributed by atoms with E-state index in [9.17, 15) is 13.2 Å². The lowest BCUT2D eigenvalue weighted by atomic mass is 10.1. The van der Waals surface area contributed by atoms with E-state index in [1.165, 1.54) is 12.8 Å². The molecule has 5 nitrogen and oxygen atoms in total. The highest BCUT2D eigenvalue weighted by molar-refractivity contribution is 7.92. The molecule has 1 aliphatic carbocycles. The minimum Gasteiger partial charge on any atom is -0.352 e. The fourth-order valence-electron chi connectivity index (χ4n) is 2.14. The summed E-state index contributed by atoms with van der Waals surface area (Å²) in [5.74, 6) is -0.934. The highest BCUT2D eigenvalue weighted by Gasteiger charge is 2.19. The van der Waals surface area contributed by atoms with E-state index in [1.54, 1.807) is 0 Å². The maximum absolute atomic E-state index is 11.6. The predicted molar refractivity (Wildman–Crippen MR) is 67.3 cm³/mol. The van der Waals surface area contributed by atoms with E-state index in [4.69, 9.17) is 5.73 Å². The number of sulfone groups is 1. The number of carbonyl (C=O) groups excluding carboxylic acids is 1. The highest BCUT2D eigenvalue weighted by atomic mass is 32.2. The van der Waals surface area contributed by atoms with Crippen molar-refractivity contribution in [2.24, 2.45) is 5.73 Å². The largest absolute Gasteiger partial charge is 0.352 e. The van der Waals surface area contributed by atoms with Crippen LogP contribution < -0.4 is 11.1 Å². The number of hydrogen-bond acceptors (Lipinski definition) is 4. The standard InChI is InChI=1S/C11H22N2O3S/c12-7-8-17(15,16)9-11(14)13-10-5-3-1-2-4-6-10/h10H,1-9,12H2,(H,13,14). The number of nitrogens with two attached hydrogens (primary N) is 1. The van der Waals surface area contributed by atoms with Crippen LogP contribution in [0.15, 0.2) is 0 Å². The van der Waals surface area contributed by atoms with Crippen LogP contribution in [-0.4, -0.2) is 38.4 Å². The molecule has 0 aromatic heterocycles. The van der Waals surface area contributed by atoms with Gasteiger partial charge in [-0.05, 0) is 12.8 Å². The maximum atomic E-state index is 11.6. The Morgan fingerprint density at radius 3 is 2.29 bits per heavy atom. The molecule has 0 bridgehead atoms. The molecular weight excluding hydrogens is 240 g/mol. The molecule has 1 amide bonds. The summed E-state index contributed by atoms with van der Waals surface area (Å²) in [5, 5.41) is 2.81. The summed E-state index contributed by atoms with van der Waals surface area (Å²) in [6.07, 6.45) is 6.56. The summed E-state index contributed by atoms with van der Waals surface area (Å²) in [7, 11) is -3.33. The van der Waals surface area contributed by atoms with E-state index in [1.807, 2.05) is 0 Å². The summed E-state index contributed by atoms with van der Waals surface area (Å²) < 4.78 is 22.8. The van der Waals surface area contributed by atoms with Crippen molar-refractivity contribution < 1.29 is 13.2 Å². The maximum Gasteiger partial charge on any atom is 0.235 e. The first kappa shape index (κ1) is 14.4. The Balaban J connectivity index is 2.38. The van der Waals surface area contributed by atoms with Crippen LogP contribution in [-0.2, 0) is 14.6 Å². The average Bonchev–Trinajstić information content (AvgIpc) is 2.44. The number of amides is 1. The van der Waals surface area contributed by atoms with Gasteiger partial charge in [-0.3, -0.25) is 4.79 Å². The molecule has 1 aliphatic rings. The van der Waals surface area contributed by atoms with Crippen LogP contribution in [0.4, 0.5) is 0 Å². The predicted octanol–water partition coefficient (Wildman–Crippen LogP) is 0.199. The molecule has 0 aromatic rings. The van der Waals surface area contributed by atoms with Gasteiger partial charge in [-0.1, -0.05) is 25.7 Å². The first-order chi connectivity index (χ1) is 8.03. The second-order valence-electron chi connectivity index (χ2n) is 4.64. The third-order valence-corrected chi connectivity index (χ3v) is 4.56. The van der Waals surface area contributed by atoms with Gasteiger partial charge in [-0.2, -0.15) is 0 Å². The zero-order chi connectivity index (χ0) is 12.7. The van der Waals surface area contributed by atoms with Gasteiger partial charge in [0.05, 0.1) is 5.75 Å². The third-order valence-electron chi connectivity index (χ3n) is 3.00. The molecule has 0 saturated heterocycles. The third kappa shape index (κ3) is 6.02. The van der Waals surface area contributed by atoms with Gasteiger partial charge >= 0.3 is 0 Å². The van der Waals surface area contributed by atoms with Gasteiger partial charge in [-0.15, -0.1) is 0 Å². The first-order valence-electron chi connectivity index (χ1n) is 6.23. The van der Waals surface area contributed by atoms with Crippen molar-refractivity contribution in [2.45, 2.75) is 44.6 Å². The number of nitrogens with one attached hydrogen (secondary N) is 1. The quantitative estimate of drug-likeness (QED) is 0.693. The van der Waals surface area contributed by atoms with Crippen molar-refractivity contribution in [3.8, 4) is 0 Å². The van der Waals surface area contributed by atoms with Crippen molar-refractivity contribution in [1.29, 1.82) is 0 Å². The van der Waals surface area contributed by atoms with Crippen LogP contribution in [0.5, 0.6) is 0 Å². The van der Waals surface area contributed by atoms with E-state index in [-0.39, 0.29) is 24.2 Å². The first-order valence-corrected chi connectivity index (χ1v) is 8.05. The van der Waals surface area contributed by atoms with Crippen LogP contribution >= 0.6 is 0 Å². The van der Waals surface area contributed by atoms with Gasteiger partial charge in [0.2, 0.25) is 5.91 Å². The minimum atomic E-state index is -3.33. The van der Waals surface area contributed by atoms with Gasteiger partial charge in [0, 0.05) is 12.6 Å². The fraction of sp³-hybridized carbons (Fsp3) is 0.909. The molecule has 0 aliphatic heterocycles. The van der Waals surface area contributed by atoms with Crippen LogP contribution in [0, 0.1) is 0 Å². The van der Waals surface area contributed by atoms with Gasteiger partial charge in [0.15, 0.2) is 9.84 Å². The monoisotopic (exact) mass is 262 g/mol. The molecule has 1 rings (SSSR count). The Labute approximate surface area is 103 Å². The Morgan fingerprint density at radius 2 is 1.76 bits per heavy atom. The smallest absolute Gasteiger partial charge is 0.235 e. The van der Waals surface area contributed by atoms with Gasteiger partial charge in [0.25, 0.3) is 0 Å². The van der Waals surface area contributed by atoms with Crippen LogP contribution in [0.1, 0.15) is 38.5 Å². The molecule has 0 radical (unpaired) electrons. The molecule has 17 heavy (non-hydrogen) atoms. The van der Waals surface area contributed by atoms with Crippen molar-refractivity contribution in [1.82, 2.24) is 5.32 Å². The summed E-state index contributed by atoms with van der Waals surface area (Å²) in [6, 6.07) is 0.151. The molecule has 1 saturated carbocycles. The summed E-state index contributed by atoms with van der Waals surface area (Å²) in [4.78, 5) is 11.6. The molecule has 6 heteroatoms. The number of rotatable bonds is 5. The second kappa shape index (κ2) is 6.96. The molecule has 0 heterocycles. The molecule has 0 atom stereocenters. The zero-order valence-corrected chi connectivity index (χ0v) is 11.0. The molecule has 100 valence electrons. The lowest BCUT2D eigenvalue weighted by Crippen LogP contribution is -2.39. The van der Waals surface area contributed by atoms with Gasteiger partial charge in [0.1, 0.15) is 5.75 Å². The highest BCUT2D eigenvalue weighted by Crippen LogP contribution is 2.17. The van der Waals surface area contributed by atoms with Gasteiger partial charge < -0.3 is 11.1 Å². The summed E-state index contributed by atoms with van der Waals surface area (Å²) in [6.45, 7) is 0.0685. The lowest BCUT2D eigenvalue weighted by Gasteiger charge is -2.16. The van der Waals surface area contributed by atoms with E-state index >= 15 is 0 Å². The SMILES string of the molecule is NCCS(=O)(=O)CC(=O)NC1CCCCCC1. The van der Waals surface area contributed by atoms with Crippen LogP contribution in [0.2, 0.25) is 0 Å². The lowest BCUT2D eigenvalue weighted by molar-refractivity contribution is -0.119. The summed E-state index contributed by atoms with van der Waals surface area (Å²) >= 11 is 0. The molecule has 0 spiro atoms. The van der Waals surface area contributed by atoms with E-state index in [0.717, 1.165) is 25.7 Å². The Morgan fingerprint density at radius 1 is 1.18 bits per heavy atom. The van der Waals surface area contributed by atoms with Crippen LogP contribution in [0.3, 0.4) is 0 Å². The van der Waals surface area contributed by atoms with Crippen molar-refractivity contribution in [3.63, 3.8) is 0 Å². The molecule has 1 fully saturated rings. The Hall–Kier alpha value is -0.620. The number of hydrogen-bond donors (Lipinski definition) is 2. The van der Waals surface area contributed by atoms with E-state index < -0.39 is 15.6 Å². The van der Waals surface area contributed by atoms with Gasteiger partial charge in [-0.25, -0.2) is 8.42 Å². The fourth-order valence-corrected chi connectivity index (χ4v) is 3.13. The van der Waals surface area contributed by atoms with E-state index in [0.29, 0.717) is 0 Å². The minimum absolute atomic E-state index is 0.0685. The molecule has 3 N–H and O–H groups in total. The van der Waals surface area contributed by atoms with Crippen LogP contribution in [0.25, 0.3) is 0 Å². The zero-order valence-electron chi connectivity index (χ0n) is 10.2. The van der Waals surface area contributed by atoms with Crippen molar-refractivity contribution >= 4 is 15.7 Å².